The molecule has 0 unspecified atom stereocenters. The Morgan fingerprint density at radius 1 is 1.35 bits per heavy atom. The van der Waals surface area contributed by atoms with E-state index in [0.717, 1.165) is 0 Å². The van der Waals surface area contributed by atoms with Crippen molar-refractivity contribution in [3.8, 4) is 0 Å². The molecule has 23 heavy (non-hydrogen) atoms. The fourth-order valence-corrected chi connectivity index (χ4v) is 2.86. The van der Waals surface area contributed by atoms with Crippen molar-refractivity contribution in [2.24, 2.45) is 0 Å². The zero-order valence-corrected chi connectivity index (χ0v) is 12.0. The number of carboxylic acid groups (broad SMARTS) is 1. The number of ether oxygens (including phenoxy) is 1. The van der Waals surface area contributed by atoms with Crippen LogP contribution in [0.5, 0.6) is 0 Å². The van der Waals surface area contributed by atoms with Gasteiger partial charge in [0.05, 0.1) is 30.2 Å². The first-order valence-electron chi connectivity index (χ1n) is 6.94. The van der Waals surface area contributed by atoms with Gasteiger partial charge in [0.15, 0.2) is 17.5 Å². The number of hydrogen-bond acceptors (Lipinski definition) is 3. The third-order valence-electron chi connectivity index (χ3n) is 3.96. The van der Waals surface area contributed by atoms with Crippen molar-refractivity contribution in [3.63, 3.8) is 0 Å². The van der Waals surface area contributed by atoms with Gasteiger partial charge in [0.1, 0.15) is 5.56 Å². The van der Waals surface area contributed by atoms with Gasteiger partial charge in [-0.3, -0.25) is 4.79 Å². The zero-order valence-electron chi connectivity index (χ0n) is 12.0. The van der Waals surface area contributed by atoms with E-state index in [4.69, 9.17) is 4.74 Å². The van der Waals surface area contributed by atoms with Gasteiger partial charge in [-0.2, -0.15) is 0 Å². The third-order valence-corrected chi connectivity index (χ3v) is 3.96. The predicted octanol–water partition coefficient (Wildman–Crippen LogP) is 2.25. The van der Waals surface area contributed by atoms with Crippen LogP contribution in [0.1, 0.15) is 29.0 Å². The van der Waals surface area contributed by atoms with E-state index in [1.807, 2.05) is 0 Å². The summed E-state index contributed by atoms with van der Waals surface area (Å²) in [6.45, 7) is 1.94. The number of rotatable bonds is 3. The molecule has 0 atom stereocenters. The van der Waals surface area contributed by atoms with Crippen molar-refractivity contribution in [1.29, 1.82) is 0 Å². The predicted molar refractivity (Wildman–Crippen MR) is 74.3 cm³/mol. The Morgan fingerprint density at radius 3 is 2.48 bits per heavy atom. The summed E-state index contributed by atoms with van der Waals surface area (Å²) in [4.78, 5) is 23.8. The van der Waals surface area contributed by atoms with Crippen LogP contribution < -0.4 is 5.43 Å². The Labute approximate surface area is 127 Å². The van der Waals surface area contributed by atoms with Gasteiger partial charge in [0.25, 0.3) is 0 Å². The van der Waals surface area contributed by atoms with Gasteiger partial charge in [-0.15, -0.1) is 0 Å². The number of carbonyl (C=O) groups is 1. The molecule has 1 fully saturated rings. The van der Waals surface area contributed by atoms with Crippen LogP contribution in [-0.4, -0.2) is 28.9 Å². The van der Waals surface area contributed by atoms with E-state index in [0.29, 0.717) is 6.07 Å². The second-order valence-corrected chi connectivity index (χ2v) is 5.25. The van der Waals surface area contributed by atoms with Crippen LogP contribution in [0, 0.1) is 17.5 Å². The molecule has 0 amide bonds. The first-order chi connectivity index (χ1) is 10.9. The third kappa shape index (κ3) is 2.13. The van der Waals surface area contributed by atoms with Gasteiger partial charge in [-0.1, -0.05) is 6.92 Å². The molecule has 1 N–H and O–H groups in total. The summed E-state index contributed by atoms with van der Waals surface area (Å²) in [6, 6.07) is 0.100. The molecule has 1 saturated heterocycles. The van der Waals surface area contributed by atoms with E-state index in [9.17, 15) is 27.9 Å². The average Bonchev–Trinajstić information content (AvgIpc) is 2.44. The molecule has 1 aliphatic rings. The maximum absolute atomic E-state index is 14.3. The van der Waals surface area contributed by atoms with Crippen LogP contribution in [0.15, 0.2) is 10.9 Å². The number of nitrogens with zero attached hydrogens (tertiary/aromatic N) is 1. The standard InChI is InChI=1S/C15H12F3NO4/c1-2-9-10(15(21)22)14(20)7-3-8(16)11(17)12(18)13(7)19(9)6-4-23-5-6/h3,6H,2,4-5H2,1H3,(H,21,22). The zero-order chi connectivity index (χ0) is 16.9. The number of carboxylic acids is 1. The molecule has 5 nitrogen and oxygen atoms in total. The SMILES string of the molecule is CCc1c(C(=O)O)c(=O)c2cc(F)c(F)c(F)c2n1C1COC1. The molecule has 0 radical (unpaired) electrons. The van der Waals surface area contributed by atoms with Crippen LogP contribution >= 0.6 is 0 Å². The monoisotopic (exact) mass is 327 g/mol. The smallest absolute Gasteiger partial charge is 0.341 e. The molecule has 8 heteroatoms. The topological polar surface area (TPSA) is 68.5 Å². The largest absolute Gasteiger partial charge is 0.477 e. The van der Waals surface area contributed by atoms with E-state index in [1.165, 1.54) is 4.57 Å². The lowest BCUT2D eigenvalue weighted by molar-refractivity contribution is -0.0229. The highest BCUT2D eigenvalue weighted by atomic mass is 19.2. The highest BCUT2D eigenvalue weighted by molar-refractivity contribution is 5.94. The maximum atomic E-state index is 14.3. The van der Waals surface area contributed by atoms with Crippen LogP contribution in [0.3, 0.4) is 0 Å². The van der Waals surface area contributed by atoms with Crippen LogP contribution in [-0.2, 0) is 11.2 Å². The summed E-state index contributed by atoms with van der Waals surface area (Å²) in [5.74, 6) is -6.23. The Morgan fingerprint density at radius 2 is 2.00 bits per heavy atom. The summed E-state index contributed by atoms with van der Waals surface area (Å²) in [7, 11) is 0. The summed E-state index contributed by atoms with van der Waals surface area (Å²) in [5, 5.41) is 8.82. The van der Waals surface area contributed by atoms with Gasteiger partial charge < -0.3 is 14.4 Å². The molecule has 1 aromatic carbocycles. The summed E-state index contributed by atoms with van der Waals surface area (Å²) < 4.78 is 47.7. The van der Waals surface area contributed by atoms with E-state index in [2.05, 4.69) is 0 Å². The number of aromatic nitrogens is 1. The Bertz CT molecular complexity index is 887. The van der Waals surface area contributed by atoms with E-state index in [-0.39, 0.29) is 25.3 Å². The second-order valence-electron chi connectivity index (χ2n) is 5.25. The second kappa shape index (κ2) is 5.38. The number of benzene rings is 1. The molecule has 0 spiro atoms. The van der Waals surface area contributed by atoms with Crippen LogP contribution in [0.4, 0.5) is 13.2 Å². The van der Waals surface area contributed by atoms with Gasteiger partial charge in [0.2, 0.25) is 5.43 Å². The Balaban J connectivity index is 2.58. The summed E-state index contributed by atoms with van der Waals surface area (Å²) >= 11 is 0. The molecular formula is C15H12F3NO4. The van der Waals surface area contributed by atoms with Crippen molar-refractivity contribution >= 4 is 16.9 Å². The lowest BCUT2D eigenvalue weighted by Gasteiger charge is -2.33. The van der Waals surface area contributed by atoms with Gasteiger partial charge in [0, 0.05) is 5.69 Å². The van der Waals surface area contributed by atoms with Crippen molar-refractivity contribution in [2.45, 2.75) is 19.4 Å². The fraction of sp³-hybridized carbons (Fsp3) is 0.333. The molecule has 122 valence electrons. The molecule has 0 aliphatic carbocycles. The van der Waals surface area contributed by atoms with Crippen molar-refractivity contribution in [3.05, 3.63) is 45.0 Å². The fourth-order valence-electron chi connectivity index (χ4n) is 2.86. The summed E-state index contributed by atoms with van der Waals surface area (Å²) in [5.41, 5.74) is -1.95. The Kier molecular flexibility index (Phi) is 3.63. The number of fused-ring (bicyclic) bond motifs is 1. The lowest BCUT2D eigenvalue weighted by Crippen LogP contribution is -2.36. The van der Waals surface area contributed by atoms with Crippen molar-refractivity contribution < 1.29 is 27.8 Å². The van der Waals surface area contributed by atoms with E-state index >= 15 is 0 Å². The minimum atomic E-state index is -1.70. The quantitative estimate of drug-likeness (QED) is 0.878. The molecule has 0 saturated carbocycles. The minimum absolute atomic E-state index is 0.0632. The van der Waals surface area contributed by atoms with E-state index in [1.54, 1.807) is 6.92 Å². The average molecular weight is 327 g/mol. The van der Waals surface area contributed by atoms with Crippen molar-refractivity contribution in [2.75, 3.05) is 13.2 Å². The molecule has 0 bridgehead atoms. The van der Waals surface area contributed by atoms with E-state index < -0.39 is 51.4 Å². The highest BCUT2D eigenvalue weighted by Crippen LogP contribution is 2.30. The van der Waals surface area contributed by atoms with Gasteiger partial charge in [-0.05, 0) is 12.5 Å². The molecule has 2 aromatic rings. The number of halogens is 3. The van der Waals surface area contributed by atoms with Gasteiger partial charge >= 0.3 is 5.97 Å². The number of aromatic carboxylic acids is 1. The summed E-state index contributed by atoms with van der Waals surface area (Å²) in [6.07, 6.45) is 0.113. The first-order valence-corrected chi connectivity index (χ1v) is 6.94. The van der Waals surface area contributed by atoms with Gasteiger partial charge in [-0.25, -0.2) is 18.0 Å². The minimum Gasteiger partial charge on any atom is -0.477 e. The molecular weight excluding hydrogens is 315 g/mol. The highest BCUT2D eigenvalue weighted by Gasteiger charge is 2.31. The molecule has 2 heterocycles. The molecule has 1 aromatic heterocycles. The normalized spacial score (nSPS) is 15.0. The van der Waals surface area contributed by atoms with Crippen LogP contribution in [0.25, 0.3) is 10.9 Å². The number of hydrogen-bond donors (Lipinski definition) is 1. The molecule has 3 rings (SSSR count). The van der Waals surface area contributed by atoms with Crippen LogP contribution in [0.2, 0.25) is 0 Å². The Hall–Kier alpha value is -2.35. The molecule has 1 aliphatic heterocycles. The first kappa shape index (κ1) is 15.5. The lowest BCUT2D eigenvalue weighted by atomic mass is 10.0. The number of pyridine rings is 1. The maximum Gasteiger partial charge on any atom is 0.341 e. The van der Waals surface area contributed by atoms with Crippen molar-refractivity contribution in [1.82, 2.24) is 4.57 Å².